The number of allylic oxidation sites excluding steroid dienone is 6. The van der Waals surface area contributed by atoms with E-state index < -0.39 is 23.3 Å². The summed E-state index contributed by atoms with van der Waals surface area (Å²) in [6.45, 7) is 9.00. The molecule has 0 saturated carbocycles. The lowest BCUT2D eigenvalue weighted by Gasteiger charge is -2.42. The number of carbonyl (C=O) groups is 4. The molecular formula is C28H29NO5. The van der Waals surface area contributed by atoms with Gasteiger partial charge in [0.25, 0.3) is 0 Å². The van der Waals surface area contributed by atoms with Crippen molar-refractivity contribution in [1.82, 2.24) is 4.90 Å². The Hall–Kier alpha value is -3.28. The van der Waals surface area contributed by atoms with E-state index in [0.717, 1.165) is 11.1 Å². The van der Waals surface area contributed by atoms with E-state index in [1.807, 2.05) is 32.9 Å². The lowest BCUT2D eigenvalue weighted by Crippen LogP contribution is -2.46. The SMILES string of the molecule is CC1=CC(=O)C2=C(CC3C(=CCC4C(=O)N(C(C)(C)C)C(=O)C43)C2c2ccc(O)c(C)c2)C1=O. The normalized spacial score (nSPS) is 29.0. The number of likely N-dealkylation sites (tertiary alicyclic amines) is 1. The molecular weight excluding hydrogens is 430 g/mol. The molecule has 1 N–H and O–H groups in total. The molecule has 1 aromatic carbocycles. The predicted octanol–water partition coefficient (Wildman–Crippen LogP) is 3.93. The Morgan fingerprint density at radius 2 is 1.71 bits per heavy atom. The van der Waals surface area contributed by atoms with E-state index in [4.69, 9.17) is 0 Å². The molecule has 1 heterocycles. The number of aryl methyl sites for hydroxylation is 1. The maximum atomic E-state index is 13.6. The van der Waals surface area contributed by atoms with Gasteiger partial charge in [0.15, 0.2) is 11.6 Å². The van der Waals surface area contributed by atoms with E-state index in [9.17, 15) is 24.3 Å². The van der Waals surface area contributed by atoms with Gasteiger partial charge in [-0.05, 0) is 76.6 Å². The van der Waals surface area contributed by atoms with Gasteiger partial charge in [0.2, 0.25) is 11.8 Å². The van der Waals surface area contributed by atoms with Crippen LogP contribution in [0.1, 0.15) is 57.6 Å². The molecule has 3 aliphatic carbocycles. The summed E-state index contributed by atoms with van der Waals surface area (Å²) in [5.74, 6) is -2.35. The van der Waals surface area contributed by atoms with Crippen molar-refractivity contribution in [3.8, 4) is 5.75 Å². The van der Waals surface area contributed by atoms with Gasteiger partial charge >= 0.3 is 0 Å². The van der Waals surface area contributed by atoms with E-state index in [1.165, 1.54) is 11.0 Å². The van der Waals surface area contributed by atoms with Crippen LogP contribution in [0.3, 0.4) is 0 Å². The molecule has 4 atom stereocenters. The van der Waals surface area contributed by atoms with Crippen LogP contribution in [-0.2, 0) is 19.2 Å². The van der Waals surface area contributed by atoms with E-state index in [-0.39, 0.29) is 41.5 Å². The molecule has 1 aromatic rings. The van der Waals surface area contributed by atoms with Crippen LogP contribution in [0.5, 0.6) is 5.75 Å². The highest BCUT2D eigenvalue weighted by Crippen LogP contribution is 2.55. The summed E-state index contributed by atoms with van der Waals surface area (Å²) in [7, 11) is 0. The van der Waals surface area contributed by atoms with Gasteiger partial charge in [-0.2, -0.15) is 0 Å². The Morgan fingerprint density at radius 3 is 2.35 bits per heavy atom. The van der Waals surface area contributed by atoms with Crippen molar-refractivity contribution in [2.24, 2.45) is 17.8 Å². The van der Waals surface area contributed by atoms with Crippen molar-refractivity contribution in [3.63, 3.8) is 0 Å². The van der Waals surface area contributed by atoms with Crippen molar-refractivity contribution >= 4 is 23.4 Å². The number of carbonyl (C=O) groups excluding carboxylic acids is 4. The number of fused-ring (bicyclic) bond motifs is 3. The molecule has 1 fully saturated rings. The quantitative estimate of drug-likeness (QED) is 0.390. The second-order valence-electron chi connectivity index (χ2n) is 11.0. The molecule has 0 spiro atoms. The minimum Gasteiger partial charge on any atom is -0.508 e. The van der Waals surface area contributed by atoms with Gasteiger partial charge in [-0.3, -0.25) is 24.1 Å². The number of imide groups is 1. The first-order valence-corrected chi connectivity index (χ1v) is 11.8. The molecule has 5 rings (SSSR count). The molecule has 4 unspecified atom stereocenters. The molecule has 34 heavy (non-hydrogen) atoms. The highest BCUT2D eigenvalue weighted by atomic mass is 16.3. The summed E-state index contributed by atoms with van der Waals surface area (Å²) in [5, 5.41) is 10.1. The lowest BCUT2D eigenvalue weighted by molar-refractivity contribution is -0.145. The van der Waals surface area contributed by atoms with E-state index in [1.54, 1.807) is 26.0 Å². The monoisotopic (exact) mass is 459 g/mol. The second-order valence-corrected chi connectivity index (χ2v) is 11.0. The number of ketones is 2. The third-order valence-corrected chi connectivity index (χ3v) is 7.79. The Bertz CT molecular complexity index is 1270. The van der Waals surface area contributed by atoms with E-state index in [0.29, 0.717) is 28.7 Å². The Kier molecular flexibility index (Phi) is 4.87. The smallest absolute Gasteiger partial charge is 0.234 e. The third-order valence-electron chi connectivity index (χ3n) is 7.79. The topological polar surface area (TPSA) is 91.8 Å². The standard InChI is InChI=1S/C28H29NO5/c1-13-10-15(6-9-20(13)30)22-16-7-8-17-23(27(34)29(26(17)33)28(3,4)5)18(16)12-19-24(22)21(31)11-14(2)25(19)32/h6-7,9-11,17-18,22-23,30H,8,12H2,1-5H3. The minimum absolute atomic E-state index is 0.155. The number of nitrogens with zero attached hydrogens (tertiary/aromatic N) is 1. The van der Waals surface area contributed by atoms with Crippen LogP contribution < -0.4 is 0 Å². The Morgan fingerprint density at radius 1 is 1.00 bits per heavy atom. The fraction of sp³-hybridized carbons (Fsp3) is 0.429. The van der Waals surface area contributed by atoms with Crippen molar-refractivity contribution in [2.45, 2.75) is 58.9 Å². The number of aromatic hydroxyl groups is 1. The number of phenolic OH excluding ortho intramolecular Hbond substituents is 1. The van der Waals surface area contributed by atoms with Gasteiger partial charge in [0.1, 0.15) is 5.75 Å². The largest absolute Gasteiger partial charge is 0.508 e. The first-order valence-electron chi connectivity index (χ1n) is 11.8. The zero-order valence-electron chi connectivity index (χ0n) is 20.1. The van der Waals surface area contributed by atoms with Gasteiger partial charge in [-0.15, -0.1) is 0 Å². The van der Waals surface area contributed by atoms with Gasteiger partial charge in [-0.25, -0.2) is 0 Å². The van der Waals surface area contributed by atoms with E-state index in [2.05, 4.69) is 0 Å². The average molecular weight is 460 g/mol. The molecule has 0 bridgehead atoms. The number of rotatable bonds is 1. The van der Waals surface area contributed by atoms with E-state index >= 15 is 0 Å². The van der Waals surface area contributed by atoms with Crippen LogP contribution in [0.15, 0.2) is 52.6 Å². The second kappa shape index (κ2) is 7.36. The Balaban J connectivity index is 1.69. The van der Waals surface area contributed by atoms with Crippen molar-refractivity contribution in [2.75, 3.05) is 0 Å². The first kappa shape index (κ1) is 22.5. The zero-order valence-corrected chi connectivity index (χ0v) is 20.1. The number of phenols is 1. The first-order chi connectivity index (χ1) is 15.9. The van der Waals surface area contributed by atoms with Crippen LogP contribution >= 0.6 is 0 Å². The zero-order chi connectivity index (χ0) is 24.7. The van der Waals surface area contributed by atoms with Crippen LogP contribution in [0.25, 0.3) is 0 Å². The highest BCUT2D eigenvalue weighted by Gasteiger charge is 2.58. The molecule has 6 heteroatoms. The van der Waals surface area contributed by atoms with Gasteiger partial charge < -0.3 is 5.11 Å². The maximum Gasteiger partial charge on any atom is 0.234 e. The summed E-state index contributed by atoms with van der Waals surface area (Å²) >= 11 is 0. The molecule has 1 aliphatic heterocycles. The van der Waals surface area contributed by atoms with Crippen LogP contribution in [-0.4, -0.2) is 38.9 Å². The Labute approximate surface area is 199 Å². The molecule has 1 saturated heterocycles. The van der Waals surface area contributed by atoms with Gasteiger partial charge in [0, 0.05) is 28.2 Å². The van der Waals surface area contributed by atoms with Crippen molar-refractivity contribution in [3.05, 3.63) is 63.8 Å². The summed E-state index contributed by atoms with van der Waals surface area (Å²) in [4.78, 5) is 54.8. The number of amides is 2. The number of hydrogen-bond donors (Lipinski definition) is 1. The van der Waals surface area contributed by atoms with Gasteiger partial charge in [-0.1, -0.05) is 23.8 Å². The lowest BCUT2D eigenvalue weighted by atomic mass is 9.59. The number of Topliss-reactive ketones (excluding diaryl/α,β-unsaturated/α-hetero) is 1. The highest BCUT2D eigenvalue weighted by molar-refractivity contribution is 6.23. The fourth-order valence-electron chi connectivity index (χ4n) is 6.28. The maximum absolute atomic E-state index is 13.6. The summed E-state index contributed by atoms with van der Waals surface area (Å²) < 4.78 is 0. The average Bonchev–Trinajstić information content (AvgIpc) is 3.03. The summed E-state index contributed by atoms with van der Waals surface area (Å²) in [6.07, 6.45) is 4.13. The fourth-order valence-corrected chi connectivity index (χ4v) is 6.28. The predicted molar refractivity (Wildman–Crippen MR) is 126 cm³/mol. The van der Waals surface area contributed by atoms with Crippen LogP contribution in [0.4, 0.5) is 0 Å². The summed E-state index contributed by atoms with van der Waals surface area (Å²) in [6, 6.07) is 5.22. The van der Waals surface area contributed by atoms with Crippen molar-refractivity contribution in [1.29, 1.82) is 0 Å². The summed E-state index contributed by atoms with van der Waals surface area (Å²) in [5.41, 5.74) is 3.09. The molecule has 0 aromatic heterocycles. The van der Waals surface area contributed by atoms with Crippen LogP contribution in [0.2, 0.25) is 0 Å². The van der Waals surface area contributed by atoms with Crippen LogP contribution in [0, 0.1) is 24.7 Å². The molecule has 176 valence electrons. The van der Waals surface area contributed by atoms with Gasteiger partial charge in [0.05, 0.1) is 11.8 Å². The molecule has 4 aliphatic rings. The number of benzene rings is 1. The third kappa shape index (κ3) is 3.07. The van der Waals surface area contributed by atoms with Crippen molar-refractivity contribution < 1.29 is 24.3 Å². The molecule has 6 nitrogen and oxygen atoms in total. The minimum atomic E-state index is -0.631. The molecule has 2 amide bonds. The number of hydrogen-bond acceptors (Lipinski definition) is 5. The molecule has 0 radical (unpaired) electrons.